The van der Waals surface area contributed by atoms with E-state index in [2.05, 4.69) is 109 Å². The molecule has 6 rings (SSSR count). The van der Waals surface area contributed by atoms with Gasteiger partial charge in [0.15, 0.2) is 0 Å². The lowest BCUT2D eigenvalue weighted by atomic mass is 9.79. The van der Waals surface area contributed by atoms with Gasteiger partial charge < -0.3 is 14.2 Å². The predicted molar refractivity (Wildman–Crippen MR) is 199 cm³/mol. The first-order valence-electron chi connectivity index (χ1n) is 17.2. The van der Waals surface area contributed by atoms with E-state index in [-0.39, 0.29) is 6.61 Å². The Morgan fingerprint density at radius 2 is 0.860 bits per heavy atom. The van der Waals surface area contributed by atoms with Crippen molar-refractivity contribution < 1.29 is 19.0 Å². The van der Waals surface area contributed by atoms with Crippen LogP contribution in [-0.4, -0.2) is 24.9 Å². The first kappa shape index (κ1) is 35.0. The van der Waals surface area contributed by atoms with E-state index in [4.69, 9.17) is 19.0 Å². The van der Waals surface area contributed by atoms with Crippen molar-refractivity contribution >= 4 is 0 Å². The van der Waals surface area contributed by atoms with Gasteiger partial charge in [-0.05, 0) is 40.3 Å². The molecule has 0 unspecified atom stereocenters. The second kappa shape index (κ2) is 17.7. The molecule has 0 fully saturated rings. The van der Waals surface area contributed by atoms with Crippen molar-refractivity contribution in [1.29, 1.82) is 0 Å². The summed E-state index contributed by atoms with van der Waals surface area (Å²) < 4.78 is 20.5. The van der Waals surface area contributed by atoms with Crippen molar-refractivity contribution in [2.24, 2.45) is 0 Å². The molecule has 0 aliphatic rings. The summed E-state index contributed by atoms with van der Waals surface area (Å²) in [5.74, 6) is 0. The zero-order valence-corrected chi connectivity index (χ0v) is 28.6. The van der Waals surface area contributed by atoms with Crippen molar-refractivity contribution in [1.82, 2.24) is 5.48 Å². The van der Waals surface area contributed by atoms with Crippen LogP contribution in [0, 0.1) is 0 Å². The monoisotopic (exact) mass is 663 g/mol. The zero-order valence-electron chi connectivity index (χ0n) is 28.6. The van der Waals surface area contributed by atoms with E-state index < -0.39 is 17.2 Å². The Balaban J connectivity index is 1.37. The van der Waals surface area contributed by atoms with Gasteiger partial charge in [0, 0.05) is 0 Å². The Labute approximate surface area is 296 Å². The molecule has 5 nitrogen and oxygen atoms in total. The summed E-state index contributed by atoms with van der Waals surface area (Å²) in [6.07, 6.45) is -0.470. The van der Waals surface area contributed by atoms with Crippen LogP contribution in [0.2, 0.25) is 0 Å². The number of hydroxylamine groups is 1. The highest BCUT2D eigenvalue weighted by molar-refractivity contribution is 5.47. The van der Waals surface area contributed by atoms with E-state index in [0.717, 1.165) is 33.4 Å². The minimum Gasteiger partial charge on any atom is -0.374 e. The molecule has 6 aromatic carbocycles. The van der Waals surface area contributed by atoms with Gasteiger partial charge >= 0.3 is 0 Å². The van der Waals surface area contributed by atoms with Crippen molar-refractivity contribution in [3.8, 4) is 0 Å². The Morgan fingerprint density at radius 1 is 0.480 bits per heavy atom. The van der Waals surface area contributed by atoms with Gasteiger partial charge in [-0.1, -0.05) is 182 Å². The summed E-state index contributed by atoms with van der Waals surface area (Å²) in [5, 5.41) is 0. The molecular weight excluding hydrogens is 618 g/mol. The SMILES string of the molecule is C[C@](COC(c1ccccc1)(c1ccccc1)c1ccccc1)(NOCc1ccccc1)[C@H](COCc1ccccc1)OCc1ccccc1. The summed E-state index contributed by atoms with van der Waals surface area (Å²) in [7, 11) is 0. The van der Waals surface area contributed by atoms with Crippen LogP contribution >= 0.6 is 0 Å². The summed E-state index contributed by atoms with van der Waals surface area (Å²) in [6.45, 7) is 3.83. The van der Waals surface area contributed by atoms with E-state index in [1.165, 1.54) is 0 Å². The first-order valence-corrected chi connectivity index (χ1v) is 17.2. The fourth-order valence-corrected chi connectivity index (χ4v) is 6.12. The second-order valence-electron chi connectivity index (χ2n) is 12.6. The van der Waals surface area contributed by atoms with Crippen LogP contribution in [0.5, 0.6) is 0 Å². The van der Waals surface area contributed by atoms with E-state index >= 15 is 0 Å². The van der Waals surface area contributed by atoms with Gasteiger partial charge in [-0.15, -0.1) is 0 Å². The summed E-state index contributed by atoms with van der Waals surface area (Å²) in [6, 6.07) is 61.7. The number of ether oxygens (including phenoxy) is 3. The summed E-state index contributed by atoms with van der Waals surface area (Å²) in [5.41, 5.74) is 7.91. The number of rotatable bonds is 18. The maximum atomic E-state index is 7.38. The zero-order chi connectivity index (χ0) is 34.3. The van der Waals surface area contributed by atoms with Gasteiger partial charge in [0.05, 0.1) is 38.6 Å². The van der Waals surface area contributed by atoms with Gasteiger partial charge in [-0.3, -0.25) is 4.84 Å². The van der Waals surface area contributed by atoms with Crippen molar-refractivity contribution in [3.05, 3.63) is 215 Å². The molecule has 0 saturated heterocycles. The minimum atomic E-state index is -0.930. The molecule has 2 atom stereocenters. The number of hydrogen-bond acceptors (Lipinski definition) is 5. The van der Waals surface area contributed by atoms with Gasteiger partial charge in [0.1, 0.15) is 11.7 Å². The van der Waals surface area contributed by atoms with E-state index in [9.17, 15) is 0 Å². The number of hydrogen-bond donors (Lipinski definition) is 1. The highest BCUT2D eigenvalue weighted by atomic mass is 16.7. The van der Waals surface area contributed by atoms with E-state index in [1.807, 2.05) is 84.9 Å². The lowest BCUT2D eigenvalue weighted by Gasteiger charge is -2.42. The lowest BCUT2D eigenvalue weighted by Crippen LogP contribution is -2.59. The lowest BCUT2D eigenvalue weighted by molar-refractivity contribution is -0.158. The fourth-order valence-electron chi connectivity index (χ4n) is 6.12. The predicted octanol–water partition coefficient (Wildman–Crippen LogP) is 9.28. The molecule has 1 N–H and O–H groups in total. The van der Waals surface area contributed by atoms with E-state index in [1.54, 1.807) is 0 Å². The largest absolute Gasteiger partial charge is 0.374 e. The summed E-state index contributed by atoms with van der Waals surface area (Å²) >= 11 is 0. The van der Waals surface area contributed by atoms with Crippen LogP contribution in [-0.2, 0) is 44.5 Å². The van der Waals surface area contributed by atoms with Crippen molar-refractivity contribution in [2.45, 2.75) is 44.0 Å². The average Bonchev–Trinajstić information content (AvgIpc) is 3.19. The molecule has 0 aliphatic carbocycles. The average molecular weight is 664 g/mol. The van der Waals surface area contributed by atoms with Gasteiger partial charge in [-0.2, -0.15) is 5.48 Å². The Morgan fingerprint density at radius 3 is 1.30 bits per heavy atom. The highest BCUT2D eigenvalue weighted by Crippen LogP contribution is 2.41. The van der Waals surface area contributed by atoms with Crippen LogP contribution in [0.4, 0.5) is 0 Å². The van der Waals surface area contributed by atoms with Crippen molar-refractivity contribution in [3.63, 3.8) is 0 Å². The fraction of sp³-hybridized carbons (Fsp3) is 0.200. The third-order valence-corrected chi connectivity index (χ3v) is 8.90. The van der Waals surface area contributed by atoms with Crippen LogP contribution in [0.15, 0.2) is 182 Å². The third-order valence-electron chi connectivity index (χ3n) is 8.90. The molecule has 0 bridgehead atoms. The molecular formula is C45H45NO4. The van der Waals surface area contributed by atoms with Gasteiger partial charge in [-0.25, -0.2) is 0 Å². The molecule has 0 spiro atoms. The maximum Gasteiger partial charge on any atom is 0.143 e. The summed E-state index contributed by atoms with van der Waals surface area (Å²) in [4.78, 5) is 6.30. The molecule has 0 saturated carbocycles. The highest BCUT2D eigenvalue weighted by Gasteiger charge is 2.43. The van der Waals surface area contributed by atoms with Gasteiger partial charge in [0.25, 0.3) is 0 Å². The molecule has 0 aromatic heterocycles. The molecule has 254 valence electrons. The number of nitrogens with one attached hydrogen (secondary N) is 1. The first-order chi connectivity index (χ1) is 24.7. The molecule has 5 heteroatoms. The second-order valence-corrected chi connectivity index (χ2v) is 12.6. The number of benzene rings is 6. The van der Waals surface area contributed by atoms with Gasteiger partial charge in [0.2, 0.25) is 0 Å². The molecule has 6 aromatic rings. The van der Waals surface area contributed by atoms with Crippen LogP contribution in [0.1, 0.15) is 40.3 Å². The minimum absolute atomic E-state index is 0.217. The topological polar surface area (TPSA) is 49.0 Å². The smallest absolute Gasteiger partial charge is 0.143 e. The Bertz CT molecular complexity index is 1710. The maximum absolute atomic E-state index is 7.38. The van der Waals surface area contributed by atoms with Crippen LogP contribution < -0.4 is 5.48 Å². The molecule has 0 heterocycles. The molecule has 0 aliphatic heterocycles. The van der Waals surface area contributed by atoms with E-state index in [0.29, 0.717) is 26.4 Å². The van der Waals surface area contributed by atoms with Crippen molar-refractivity contribution in [2.75, 3.05) is 13.2 Å². The van der Waals surface area contributed by atoms with Crippen LogP contribution in [0.3, 0.4) is 0 Å². The Hall–Kier alpha value is -4.88. The quantitative estimate of drug-likeness (QED) is 0.0734. The Kier molecular flexibility index (Phi) is 12.4. The normalized spacial score (nSPS) is 13.4. The standard InChI is InChI=1S/C45H45NO4/c1-44(46-50-34-39-24-12-4-13-25-39,43(48-33-38-22-10-3-11-23-38)35-47-32-37-20-8-2-9-21-37)36-49-45(40-26-14-5-15-27-40,41-28-16-6-17-29-41)42-30-18-7-19-31-42/h2-31,43,46H,32-36H2,1H3/t43-,44+/m0/s1. The molecule has 0 amide bonds. The van der Waals surface area contributed by atoms with Crippen LogP contribution in [0.25, 0.3) is 0 Å². The molecule has 50 heavy (non-hydrogen) atoms. The third kappa shape index (κ3) is 9.01. The molecule has 0 radical (unpaired) electrons.